The molecule has 1 atom stereocenters. The molecule has 0 spiro atoms. The van der Waals surface area contributed by atoms with E-state index in [0.717, 1.165) is 19.5 Å². The summed E-state index contributed by atoms with van der Waals surface area (Å²) < 4.78 is 2.17. The second-order valence-corrected chi connectivity index (χ2v) is 4.43. The second-order valence-electron chi connectivity index (χ2n) is 4.43. The average molecular weight is 207 g/mol. The van der Waals surface area contributed by atoms with Gasteiger partial charge < -0.3 is 5.73 Å². The Balaban J connectivity index is 2.37. The van der Waals surface area contributed by atoms with Gasteiger partial charge in [0.05, 0.1) is 5.69 Å². The van der Waals surface area contributed by atoms with Crippen molar-refractivity contribution in [2.75, 3.05) is 6.54 Å². The van der Waals surface area contributed by atoms with Gasteiger partial charge in [-0.05, 0) is 57.6 Å². The molecule has 3 nitrogen and oxygen atoms in total. The fraction of sp³-hybridized carbons (Fsp3) is 0.750. The van der Waals surface area contributed by atoms with Gasteiger partial charge in [-0.3, -0.25) is 4.68 Å². The summed E-state index contributed by atoms with van der Waals surface area (Å²) in [7, 11) is 0. The first-order chi connectivity index (χ1) is 7.27. The Morgan fingerprint density at radius 3 is 3.00 bits per heavy atom. The van der Waals surface area contributed by atoms with Crippen molar-refractivity contribution in [2.24, 2.45) is 5.73 Å². The lowest BCUT2D eigenvalue weighted by Gasteiger charge is -2.23. The highest BCUT2D eigenvalue weighted by Crippen LogP contribution is 2.35. The van der Waals surface area contributed by atoms with E-state index in [4.69, 9.17) is 5.73 Å². The minimum Gasteiger partial charge on any atom is -0.330 e. The number of aryl methyl sites for hydroxylation is 2. The number of nitrogens with two attached hydrogens (primary N) is 1. The maximum atomic E-state index is 5.68. The van der Waals surface area contributed by atoms with E-state index in [2.05, 4.69) is 23.6 Å². The van der Waals surface area contributed by atoms with Crippen LogP contribution in [0.5, 0.6) is 0 Å². The lowest BCUT2D eigenvalue weighted by atomic mass is 9.83. The van der Waals surface area contributed by atoms with Crippen LogP contribution >= 0.6 is 0 Å². The van der Waals surface area contributed by atoms with Crippen molar-refractivity contribution in [3.05, 3.63) is 17.0 Å². The van der Waals surface area contributed by atoms with Crippen LogP contribution in [0.25, 0.3) is 0 Å². The highest BCUT2D eigenvalue weighted by molar-refractivity contribution is 5.32. The number of hydrogen-bond donors (Lipinski definition) is 1. The van der Waals surface area contributed by atoms with Crippen LogP contribution in [0.3, 0.4) is 0 Å². The highest BCUT2D eigenvalue weighted by Gasteiger charge is 2.25. The predicted molar refractivity (Wildman–Crippen MR) is 62.0 cm³/mol. The molecule has 0 radical (unpaired) electrons. The summed E-state index contributed by atoms with van der Waals surface area (Å²) in [5, 5.41) is 4.62. The molecule has 1 aromatic heterocycles. The van der Waals surface area contributed by atoms with Crippen LogP contribution in [0, 0.1) is 6.92 Å². The minimum absolute atomic E-state index is 0.666. The SMILES string of the molecule is CCn1nc(C)c2c1CCCC2CCN. The van der Waals surface area contributed by atoms with Crippen LogP contribution in [0.15, 0.2) is 0 Å². The smallest absolute Gasteiger partial charge is 0.0631 e. The first kappa shape index (κ1) is 10.7. The standard InChI is InChI=1S/C12H21N3/c1-3-15-11-6-4-5-10(7-8-13)12(11)9(2)14-15/h10H,3-8,13H2,1-2H3. The van der Waals surface area contributed by atoms with Crippen LogP contribution in [0.4, 0.5) is 0 Å². The molecule has 0 bridgehead atoms. The normalized spacial score (nSPS) is 20.3. The van der Waals surface area contributed by atoms with E-state index < -0.39 is 0 Å². The molecule has 84 valence electrons. The van der Waals surface area contributed by atoms with E-state index >= 15 is 0 Å². The molecule has 1 aliphatic carbocycles. The summed E-state index contributed by atoms with van der Waals surface area (Å²) >= 11 is 0. The van der Waals surface area contributed by atoms with Crippen molar-refractivity contribution in [1.29, 1.82) is 0 Å². The monoisotopic (exact) mass is 207 g/mol. The zero-order chi connectivity index (χ0) is 10.8. The summed E-state index contributed by atoms with van der Waals surface area (Å²) in [5.74, 6) is 0.666. The summed E-state index contributed by atoms with van der Waals surface area (Å²) in [5.41, 5.74) is 9.89. The third kappa shape index (κ3) is 1.81. The van der Waals surface area contributed by atoms with Crippen molar-refractivity contribution in [3.8, 4) is 0 Å². The Hall–Kier alpha value is -0.830. The number of hydrogen-bond acceptors (Lipinski definition) is 2. The Morgan fingerprint density at radius 1 is 1.53 bits per heavy atom. The molecular weight excluding hydrogens is 186 g/mol. The van der Waals surface area contributed by atoms with E-state index in [1.54, 1.807) is 0 Å². The highest BCUT2D eigenvalue weighted by atomic mass is 15.3. The van der Waals surface area contributed by atoms with Gasteiger partial charge in [-0.2, -0.15) is 5.10 Å². The number of nitrogens with zero attached hydrogens (tertiary/aromatic N) is 2. The molecule has 0 aliphatic heterocycles. The lowest BCUT2D eigenvalue weighted by molar-refractivity contribution is 0.502. The second kappa shape index (κ2) is 4.35. The Morgan fingerprint density at radius 2 is 2.33 bits per heavy atom. The largest absolute Gasteiger partial charge is 0.330 e. The van der Waals surface area contributed by atoms with Crippen LogP contribution in [0.2, 0.25) is 0 Å². The first-order valence-electron chi connectivity index (χ1n) is 6.04. The Bertz CT molecular complexity index is 341. The number of aromatic nitrogens is 2. The molecule has 2 N–H and O–H groups in total. The van der Waals surface area contributed by atoms with Crippen LogP contribution < -0.4 is 5.73 Å². The van der Waals surface area contributed by atoms with E-state index in [1.807, 2.05) is 0 Å². The summed E-state index contributed by atoms with van der Waals surface area (Å²) in [6.07, 6.45) is 4.90. The van der Waals surface area contributed by atoms with E-state index in [9.17, 15) is 0 Å². The van der Waals surface area contributed by atoms with Crippen molar-refractivity contribution < 1.29 is 0 Å². The van der Waals surface area contributed by atoms with Gasteiger partial charge in [0, 0.05) is 12.2 Å². The molecule has 1 unspecified atom stereocenters. The van der Waals surface area contributed by atoms with Crippen LogP contribution in [0.1, 0.15) is 49.1 Å². The molecule has 1 aromatic rings. The molecule has 0 saturated carbocycles. The molecule has 3 heteroatoms. The van der Waals surface area contributed by atoms with Gasteiger partial charge >= 0.3 is 0 Å². The molecule has 1 heterocycles. The molecular formula is C12H21N3. The molecule has 0 aromatic carbocycles. The molecule has 15 heavy (non-hydrogen) atoms. The van der Waals surface area contributed by atoms with Gasteiger partial charge in [0.1, 0.15) is 0 Å². The van der Waals surface area contributed by atoms with Gasteiger partial charge in [0.15, 0.2) is 0 Å². The van der Waals surface area contributed by atoms with Crippen molar-refractivity contribution in [2.45, 2.75) is 52.0 Å². The maximum absolute atomic E-state index is 5.68. The number of rotatable bonds is 3. The Labute approximate surface area is 91.7 Å². The predicted octanol–water partition coefficient (Wildman–Crippen LogP) is 1.98. The maximum Gasteiger partial charge on any atom is 0.0631 e. The molecule has 0 saturated heterocycles. The van der Waals surface area contributed by atoms with Crippen molar-refractivity contribution in [3.63, 3.8) is 0 Å². The molecule has 1 aliphatic rings. The van der Waals surface area contributed by atoms with E-state index in [1.165, 1.54) is 36.2 Å². The minimum atomic E-state index is 0.666. The van der Waals surface area contributed by atoms with Crippen LogP contribution in [-0.4, -0.2) is 16.3 Å². The van der Waals surface area contributed by atoms with Crippen LogP contribution in [-0.2, 0) is 13.0 Å². The number of fused-ring (bicyclic) bond motifs is 1. The van der Waals surface area contributed by atoms with Crippen molar-refractivity contribution >= 4 is 0 Å². The van der Waals surface area contributed by atoms with Gasteiger partial charge in [0.2, 0.25) is 0 Å². The van der Waals surface area contributed by atoms with Gasteiger partial charge in [-0.25, -0.2) is 0 Å². The first-order valence-corrected chi connectivity index (χ1v) is 6.04. The zero-order valence-electron chi connectivity index (χ0n) is 9.79. The fourth-order valence-corrected chi connectivity index (χ4v) is 2.85. The zero-order valence-corrected chi connectivity index (χ0v) is 9.79. The van der Waals surface area contributed by atoms with Gasteiger partial charge in [-0.15, -0.1) is 0 Å². The summed E-state index contributed by atoms with van der Waals surface area (Å²) in [4.78, 5) is 0. The van der Waals surface area contributed by atoms with E-state index in [-0.39, 0.29) is 0 Å². The van der Waals surface area contributed by atoms with Crippen molar-refractivity contribution in [1.82, 2.24) is 9.78 Å². The lowest BCUT2D eigenvalue weighted by Crippen LogP contribution is -2.15. The average Bonchev–Trinajstić information content (AvgIpc) is 2.57. The van der Waals surface area contributed by atoms with Gasteiger partial charge in [-0.1, -0.05) is 0 Å². The van der Waals surface area contributed by atoms with Gasteiger partial charge in [0.25, 0.3) is 0 Å². The Kier molecular flexibility index (Phi) is 3.10. The molecule has 2 rings (SSSR count). The third-order valence-electron chi connectivity index (χ3n) is 3.47. The summed E-state index contributed by atoms with van der Waals surface area (Å²) in [6, 6.07) is 0. The fourth-order valence-electron chi connectivity index (χ4n) is 2.85. The quantitative estimate of drug-likeness (QED) is 0.823. The molecule has 0 amide bonds. The summed E-state index contributed by atoms with van der Waals surface area (Å²) in [6.45, 7) is 6.09. The molecule has 0 fully saturated rings. The van der Waals surface area contributed by atoms with E-state index in [0.29, 0.717) is 5.92 Å². The topological polar surface area (TPSA) is 43.8 Å². The third-order valence-corrected chi connectivity index (χ3v) is 3.47.